The van der Waals surface area contributed by atoms with Crippen LogP contribution in [0.4, 0.5) is 18.0 Å². The summed E-state index contributed by atoms with van der Waals surface area (Å²) in [5.74, 6) is -2.60. The van der Waals surface area contributed by atoms with E-state index in [-0.39, 0.29) is 17.7 Å². The Morgan fingerprint density at radius 1 is 0.941 bits per heavy atom. The predicted octanol–water partition coefficient (Wildman–Crippen LogP) is 4.37. The van der Waals surface area contributed by atoms with Gasteiger partial charge < -0.3 is 20.5 Å². The molecule has 1 aliphatic rings. The van der Waals surface area contributed by atoms with Crippen molar-refractivity contribution in [2.24, 2.45) is 5.92 Å². The van der Waals surface area contributed by atoms with Crippen molar-refractivity contribution >= 4 is 11.8 Å². The highest BCUT2D eigenvalue weighted by molar-refractivity contribution is 6.00. The lowest BCUT2D eigenvalue weighted by molar-refractivity contribution is -0.287. The Kier molecular flexibility index (Phi) is 6.30. The minimum Gasteiger partial charge on any atom is -0.489 e. The van der Waals surface area contributed by atoms with Gasteiger partial charge in [0, 0.05) is 5.56 Å². The molecule has 9 heteroatoms. The number of urea groups is 1. The van der Waals surface area contributed by atoms with Gasteiger partial charge in [-0.15, -0.1) is 0 Å². The molecule has 2 amide bonds. The molecule has 1 aliphatic heterocycles. The summed E-state index contributed by atoms with van der Waals surface area (Å²) in [6, 6.07) is 20.0. The van der Waals surface area contributed by atoms with Crippen LogP contribution in [0.1, 0.15) is 27.5 Å². The van der Waals surface area contributed by atoms with Crippen LogP contribution in [-0.4, -0.2) is 28.8 Å². The van der Waals surface area contributed by atoms with Crippen molar-refractivity contribution in [3.05, 3.63) is 102 Å². The number of carbonyl (C=O) groups is 2. The topological polar surface area (TPSA) is 87.7 Å². The molecule has 176 valence electrons. The zero-order valence-corrected chi connectivity index (χ0v) is 17.8. The van der Waals surface area contributed by atoms with Gasteiger partial charge in [0.15, 0.2) is 5.78 Å². The van der Waals surface area contributed by atoms with Crippen molar-refractivity contribution in [1.29, 1.82) is 0 Å². The number of nitrogens with one attached hydrogen (secondary N) is 2. The molecule has 3 atom stereocenters. The smallest absolute Gasteiger partial charge is 0.437 e. The molecule has 6 nitrogen and oxygen atoms in total. The Bertz CT molecular complexity index is 1150. The van der Waals surface area contributed by atoms with Gasteiger partial charge >= 0.3 is 12.2 Å². The summed E-state index contributed by atoms with van der Waals surface area (Å²) >= 11 is 0. The molecule has 34 heavy (non-hydrogen) atoms. The van der Waals surface area contributed by atoms with E-state index in [1.807, 2.05) is 30.3 Å². The summed E-state index contributed by atoms with van der Waals surface area (Å²) in [5, 5.41) is 14.5. The Labute approximate surface area is 193 Å². The molecule has 0 aliphatic carbocycles. The van der Waals surface area contributed by atoms with Crippen molar-refractivity contribution in [3.8, 4) is 5.75 Å². The van der Waals surface area contributed by atoms with Gasteiger partial charge in [-0.2, -0.15) is 13.2 Å². The molecule has 1 heterocycles. The van der Waals surface area contributed by atoms with E-state index in [2.05, 4.69) is 5.32 Å². The van der Waals surface area contributed by atoms with E-state index in [9.17, 15) is 27.9 Å². The Morgan fingerprint density at radius 3 is 2.12 bits per heavy atom. The van der Waals surface area contributed by atoms with Gasteiger partial charge in [0.25, 0.3) is 0 Å². The van der Waals surface area contributed by atoms with Crippen LogP contribution in [0.3, 0.4) is 0 Å². The molecule has 0 radical (unpaired) electrons. The van der Waals surface area contributed by atoms with Gasteiger partial charge in [-0.25, -0.2) is 4.79 Å². The Hall–Kier alpha value is -3.85. The van der Waals surface area contributed by atoms with Crippen molar-refractivity contribution in [2.75, 3.05) is 0 Å². The normalized spacial score (nSPS) is 22.4. The second kappa shape index (κ2) is 9.18. The molecule has 0 bridgehead atoms. The first-order chi connectivity index (χ1) is 16.2. The second-order valence-electron chi connectivity index (χ2n) is 7.89. The minimum atomic E-state index is -5.31. The monoisotopic (exact) mass is 470 g/mol. The number of carbonyl (C=O) groups excluding carboxylic acids is 2. The number of aliphatic hydroxyl groups is 1. The van der Waals surface area contributed by atoms with Gasteiger partial charge in [0.2, 0.25) is 5.72 Å². The Morgan fingerprint density at radius 2 is 1.53 bits per heavy atom. The van der Waals surface area contributed by atoms with Crippen LogP contribution in [0.5, 0.6) is 5.75 Å². The van der Waals surface area contributed by atoms with Crippen molar-refractivity contribution in [1.82, 2.24) is 10.6 Å². The lowest BCUT2D eigenvalue weighted by atomic mass is 9.77. The first-order valence-corrected chi connectivity index (χ1v) is 10.4. The van der Waals surface area contributed by atoms with Crippen molar-refractivity contribution < 1.29 is 32.6 Å². The van der Waals surface area contributed by atoms with Crippen LogP contribution < -0.4 is 15.4 Å². The van der Waals surface area contributed by atoms with E-state index >= 15 is 0 Å². The van der Waals surface area contributed by atoms with Gasteiger partial charge in [-0.3, -0.25) is 4.79 Å². The van der Waals surface area contributed by atoms with Crippen LogP contribution in [0, 0.1) is 5.92 Å². The highest BCUT2D eigenvalue weighted by Gasteiger charge is 2.66. The molecule has 0 spiro atoms. The molecular formula is C25H21F3N2O4. The maximum absolute atomic E-state index is 14.0. The predicted molar refractivity (Wildman–Crippen MR) is 117 cm³/mol. The van der Waals surface area contributed by atoms with E-state index in [0.717, 1.165) is 5.56 Å². The first kappa shape index (κ1) is 23.3. The number of halogens is 3. The minimum absolute atomic E-state index is 0.0269. The van der Waals surface area contributed by atoms with Crippen LogP contribution in [0.2, 0.25) is 0 Å². The molecule has 3 aromatic carbocycles. The number of hydrogen-bond donors (Lipinski definition) is 3. The lowest BCUT2D eigenvalue weighted by Crippen LogP contribution is -2.72. The maximum atomic E-state index is 14.0. The third-order valence-electron chi connectivity index (χ3n) is 5.63. The van der Waals surface area contributed by atoms with E-state index in [1.54, 1.807) is 6.07 Å². The van der Waals surface area contributed by atoms with Gasteiger partial charge in [0.05, 0.1) is 6.04 Å². The number of alkyl halides is 3. The van der Waals surface area contributed by atoms with Crippen LogP contribution >= 0.6 is 0 Å². The summed E-state index contributed by atoms with van der Waals surface area (Å²) < 4.78 is 47.6. The molecule has 3 N–H and O–H groups in total. The van der Waals surface area contributed by atoms with E-state index in [1.165, 1.54) is 53.8 Å². The van der Waals surface area contributed by atoms with E-state index in [4.69, 9.17) is 4.74 Å². The molecule has 1 fully saturated rings. The number of ether oxygens (including phenoxy) is 1. The first-order valence-electron chi connectivity index (χ1n) is 10.4. The number of Topliss-reactive ketones (excluding diaryl/α,β-unsaturated/α-hetero) is 1. The fourth-order valence-electron chi connectivity index (χ4n) is 3.91. The number of rotatable bonds is 6. The third-order valence-corrected chi connectivity index (χ3v) is 5.63. The number of benzene rings is 3. The number of ketones is 1. The Balaban J connectivity index is 1.66. The fraction of sp³-hybridized carbons (Fsp3) is 0.200. The molecule has 1 saturated heterocycles. The highest BCUT2D eigenvalue weighted by Crippen LogP contribution is 2.44. The number of hydrogen-bond acceptors (Lipinski definition) is 4. The largest absolute Gasteiger partial charge is 0.489 e. The summed E-state index contributed by atoms with van der Waals surface area (Å²) in [6.45, 7) is 0.285. The second-order valence-corrected chi connectivity index (χ2v) is 7.89. The zero-order valence-electron chi connectivity index (χ0n) is 17.8. The third kappa shape index (κ3) is 4.60. The van der Waals surface area contributed by atoms with Gasteiger partial charge in [0.1, 0.15) is 18.3 Å². The zero-order chi connectivity index (χ0) is 24.3. The van der Waals surface area contributed by atoms with Crippen molar-refractivity contribution in [2.45, 2.75) is 24.6 Å². The summed E-state index contributed by atoms with van der Waals surface area (Å²) in [7, 11) is 0. The van der Waals surface area contributed by atoms with Gasteiger partial charge in [-0.05, 0) is 23.3 Å². The molecule has 0 unspecified atom stereocenters. The molecular weight excluding hydrogens is 449 g/mol. The molecule has 0 saturated carbocycles. The van der Waals surface area contributed by atoms with E-state index in [0.29, 0.717) is 5.75 Å². The van der Waals surface area contributed by atoms with Crippen LogP contribution in [0.25, 0.3) is 0 Å². The average Bonchev–Trinajstić information content (AvgIpc) is 2.83. The molecule has 4 rings (SSSR count). The molecule has 3 aromatic rings. The summed E-state index contributed by atoms with van der Waals surface area (Å²) in [5.41, 5.74) is -2.66. The van der Waals surface area contributed by atoms with Crippen molar-refractivity contribution in [3.63, 3.8) is 0 Å². The summed E-state index contributed by atoms with van der Waals surface area (Å²) in [6.07, 6.45) is -5.31. The average molecular weight is 470 g/mol. The van der Waals surface area contributed by atoms with Gasteiger partial charge in [-0.1, -0.05) is 72.8 Å². The summed E-state index contributed by atoms with van der Waals surface area (Å²) in [4.78, 5) is 25.3. The number of amides is 2. The highest BCUT2D eigenvalue weighted by atomic mass is 19.4. The quantitative estimate of drug-likeness (QED) is 0.467. The van der Waals surface area contributed by atoms with E-state index < -0.39 is 35.7 Å². The fourth-order valence-corrected chi connectivity index (χ4v) is 3.91. The maximum Gasteiger partial charge on any atom is 0.437 e. The SMILES string of the molecule is O=C1N[C@H](c2ccc(OCc3ccccc3)cc2)[C@H](C(=O)c2ccccc2)[C@@](O)(C(F)(F)F)N1. The standard InChI is InChI=1S/C25H21F3N2O4/c26-25(27,28)24(33)20(22(31)18-9-5-2-6-10-18)21(29-23(32)30-24)17-11-13-19(14-12-17)34-15-16-7-3-1-4-8-16/h1-14,20-21,33H,15H2,(H2,29,30,32)/t20-,21-,24-/m1/s1. The molecule has 0 aromatic heterocycles. The lowest BCUT2D eigenvalue weighted by Gasteiger charge is -2.45. The van der Waals surface area contributed by atoms with Crippen LogP contribution in [0.15, 0.2) is 84.9 Å². The van der Waals surface area contributed by atoms with Crippen LogP contribution in [-0.2, 0) is 6.61 Å².